The van der Waals surface area contributed by atoms with Crippen LogP contribution in [0.15, 0.2) is 24.0 Å². The molecule has 1 heterocycles. The summed E-state index contributed by atoms with van der Waals surface area (Å²) in [5.41, 5.74) is -0.158. The fourth-order valence-corrected chi connectivity index (χ4v) is 7.25. The van der Waals surface area contributed by atoms with E-state index in [-0.39, 0.29) is 24.0 Å². The van der Waals surface area contributed by atoms with Crippen molar-refractivity contribution in [1.29, 1.82) is 0 Å². The summed E-state index contributed by atoms with van der Waals surface area (Å²) in [6, 6.07) is 3.79. The third-order valence-electron chi connectivity index (χ3n) is 9.32. The zero-order valence-corrected chi connectivity index (χ0v) is 24.3. The summed E-state index contributed by atoms with van der Waals surface area (Å²) in [5.74, 6) is -5.70. The van der Waals surface area contributed by atoms with E-state index in [0.29, 0.717) is 24.3 Å². The topological polar surface area (TPSA) is 212 Å². The van der Waals surface area contributed by atoms with Crippen LogP contribution < -0.4 is 9.47 Å². The van der Waals surface area contributed by atoms with E-state index in [1.54, 1.807) is 6.08 Å². The summed E-state index contributed by atoms with van der Waals surface area (Å²) in [7, 11) is 1.51. The molecule has 14 nitrogen and oxygen atoms in total. The monoisotopic (exact) mass is 618 g/mol. The number of carboxylic acids is 2. The normalized spacial score (nSPS) is 29.5. The van der Waals surface area contributed by atoms with Crippen molar-refractivity contribution in [3.8, 4) is 11.5 Å². The molecule has 0 radical (unpaired) electrons. The number of rotatable bonds is 11. The van der Waals surface area contributed by atoms with Gasteiger partial charge in [0.25, 0.3) is 0 Å². The Bertz CT molecular complexity index is 1430. The van der Waals surface area contributed by atoms with Crippen LogP contribution in [0.3, 0.4) is 0 Å². The van der Waals surface area contributed by atoms with Crippen molar-refractivity contribution in [2.75, 3.05) is 7.11 Å². The van der Waals surface area contributed by atoms with E-state index in [9.17, 15) is 34.2 Å². The summed E-state index contributed by atoms with van der Waals surface area (Å²) in [4.78, 5) is 59.4. The Kier molecular flexibility index (Phi) is 8.10. The van der Waals surface area contributed by atoms with Crippen LogP contribution in [-0.2, 0) is 50.0 Å². The standard InChI is InChI=1S/C30H34O14/c1-13-6-8-29-23-15-4-5-18(40-3)24(23)44-25(29)19(7-9-30(29,39)16(13)10-15)42-22(34)11-17(31)28(38)41-14(2)27(37)43-20(26(35)36)12-21(32)33/h4-5,7,13-14,16-17,20,25,31,39H,6,8-12H2,1-3H3,(H,32,33)(H,35,36)/t13?,14-,16-,17-,20+,25-,29-,30+/m0/s1. The molecule has 2 bridgehead atoms. The Labute approximate surface area is 251 Å². The number of hydrogen-bond acceptors (Lipinski definition) is 12. The lowest BCUT2D eigenvalue weighted by molar-refractivity contribution is -0.181. The Morgan fingerprint density at radius 1 is 1.09 bits per heavy atom. The van der Waals surface area contributed by atoms with E-state index in [2.05, 4.69) is 11.7 Å². The smallest absolute Gasteiger partial charge is 0.348 e. The number of benzene rings is 1. The van der Waals surface area contributed by atoms with Crippen molar-refractivity contribution in [2.24, 2.45) is 11.8 Å². The number of carboxylic acid groups (broad SMARTS) is 2. The maximum Gasteiger partial charge on any atom is 0.348 e. The van der Waals surface area contributed by atoms with Crippen LogP contribution >= 0.6 is 0 Å². The number of aliphatic carboxylic acids is 2. The maximum absolute atomic E-state index is 12.9. The SMILES string of the molecule is COc1ccc2c3c1O[C@H]1C(OC(=O)C[C@H](O)C(=O)O[C@@H](C)C(=O)O[C@H](CC(=O)O)C(=O)O)=CC[C@@]4(O)[C@@H](C2)C(C)CC[C@]314. The van der Waals surface area contributed by atoms with Gasteiger partial charge in [-0.2, -0.15) is 0 Å². The molecule has 1 saturated carbocycles. The largest absolute Gasteiger partial charge is 0.493 e. The predicted molar refractivity (Wildman–Crippen MR) is 144 cm³/mol. The van der Waals surface area contributed by atoms with Gasteiger partial charge < -0.3 is 44.1 Å². The van der Waals surface area contributed by atoms with Crippen LogP contribution in [0.4, 0.5) is 0 Å². The summed E-state index contributed by atoms with van der Waals surface area (Å²) in [6.07, 6.45) is -4.68. The van der Waals surface area contributed by atoms with Gasteiger partial charge in [-0.3, -0.25) is 9.59 Å². The molecule has 1 aromatic rings. The molecule has 1 unspecified atom stereocenters. The maximum atomic E-state index is 12.9. The molecule has 0 amide bonds. The van der Waals surface area contributed by atoms with Crippen molar-refractivity contribution in [3.63, 3.8) is 0 Å². The molecule has 0 saturated heterocycles. The van der Waals surface area contributed by atoms with E-state index in [0.717, 1.165) is 24.5 Å². The average Bonchev–Trinajstić information content (AvgIpc) is 3.31. The molecule has 1 aliphatic heterocycles. The second kappa shape index (κ2) is 11.4. The van der Waals surface area contributed by atoms with Gasteiger partial charge in [-0.05, 0) is 62.1 Å². The molecule has 1 fully saturated rings. The fourth-order valence-electron chi connectivity index (χ4n) is 7.25. The summed E-state index contributed by atoms with van der Waals surface area (Å²) in [6.45, 7) is 3.15. The molecule has 14 heteroatoms. The average molecular weight is 619 g/mol. The first kappa shape index (κ1) is 31.3. The van der Waals surface area contributed by atoms with Gasteiger partial charge in [-0.25, -0.2) is 14.4 Å². The lowest BCUT2D eigenvalue weighted by Gasteiger charge is -2.61. The van der Waals surface area contributed by atoms with Gasteiger partial charge >= 0.3 is 29.8 Å². The van der Waals surface area contributed by atoms with Gasteiger partial charge in [0.1, 0.15) is 5.76 Å². The van der Waals surface area contributed by atoms with Crippen molar-refractivity contribution in [2.45, 2.75) is 87.8 Å². The van der Waals surface area contributed by atoms with Gasteiger partial charge in [-0.1, -0.05) is 13.0 Å². The van der Waals surface area contributed by atoms with Crippen LogP contribution in [0.2, 0.25) is 0 Å². The van der Waals surface area contributed by atoms with Crippen molar-refractivity contribution in [1.82, 2.24) is 0 Å². The Balaban J connectivity index is 1.27. The van der Waals surface area contributed by atoms with Gasteiger partial charge in [0.05, 0.1) is 31.0 Å². The van der Waals surface area contributed by atoms with Gasteiger partial charge in [0.15, 0.2) is 29.8 Å². The molecule has 238 valence electrons. The molecule has 4 aliphatic rings. The molecule has 3 aliphatic carbocycles. The third kappa shape index (κ3) is 4.95. The lowest BCUT2D eigenvalue weighted by atomic mass is 9.45. The zero-order valence-electron chi connectivity index (χ0n) is 24.3. The minimum absolute atomic E-state index is 0.0529. The number of aliphatic hydroxyl groups excluding tert-OH is 1. The number of hydrogen-bond donors (Lipinski definition) is 4. The highest BCUT2D eigenvalue weighted by Crippen LogP contribution is 2.68. The molecule has 4 N–H and O–H groups in total. The Morgan fingerprint density at radius 2 is 1.82 bits per heavy atom. The summed E-state index contributed by atoms with van der Waals surface area (Å²) in [5, 5.41) is 40.4. The van der Waals surface area contributed by atoms with Gasteiger partial charge in [-0.15, -0.1) is 0 Å². The number of methoxy groups -OCH3 is 1. The molecular weight excluding hydrogens is 584 g/mol. The number of carbonyl (C=O) groups excluding carboxylic acids is 3. The number of aliphatic hydroxyl groups is 2. The first-order valence-corrected chi connectivity index (χ1v) is 14.3. The molecule has 1 aromatic carbocycles. The summed E-state index contributed by atoms with van der Waals surface area (Å²) < 4.78 is 27.0. The second-order valence-corrected chi connectivity index (χ2v) is 11.8. The molecule has 1 spiro atoms. The fraction of sp³-hybridized carbons (Fsp3) is 0.567. The second-order valence-electron chi connectivity index (χ2n) is 11.8. The summed E-state index contributed by atoms with van der Waals surface area (Å²) >= 11 is 0. The van der Waals surface area contributed by atoms with Crippen molar-refractivity contribution in [3.05, 3.63) is 35.1 Å². The predicted octanol–water partition coefficient (Wildman–Crippen LogP) is 1.01. The number of ether oxygens (including phenoxy) is 5. The van der Waals surface area contributed by atoms with E-state index in [4.69, 9.17) is 29.2 Å². The van der Waals surface area contributed by atoms with Gasteiger partial charge in [0, 0.05) is 5.56 Å². The highest BCUT2D eigenvalue weighted by atomic mass is 16.6. The van der Waals surface area contributed by atoms with E-state index < -0.39 is 78.1 Å². The molecular formula is C30H34O14. The van der Waals surface area contributed by atoms with Crippen molar-refractivity contribution >= 4 is 29.8 Å². The lowest BCUT2D eigenvalue weighted by Crippen LogP contribution is -2.69. The number of esters is 3. The highest BCUT2D eigenvalue weighted by Gasteiger charge is 2.72. The Hall–Kier alpha value is -4.17. The van der Waals surface area contributed by atoms with Gasteiger partial charge in [0.2, 0.25) is 6.10 Å². The van der Waals surface area contributed by atoms with E-state index >= 15 is 0 Å². The first-order chi connectivity index (χ1) is 20.7. The first-order valence-electron chi connectivity index (χ1n) is 14.3. The molecule has 0 aromatic heterocycles. The Morgan fingerprint density at radius 3 is 2.48 bits per heavy atom. The number of carbonyl (C=O) groups is 5. The van der Waals surface area contributed by atoms with Crippen molar-refractivity contribution < 1.29 is 68.1 Å². The highest BCUT2D eigenvalue weighted by molar-refractivity contribution is 5.87. The molecule has 44 heavy (non-hydrogen) atoms. The quantitative estimate of drug-likeness (QED) is 0.201. The van der Waals surface area contributed by atoms with E-state index in [1.165, 1.54) is 7.11 Å². The van der Waals surface area contributed by atoms with E-state index in [1.807, 2.05) is 12.1 Å². The third-order valence-corrected chi connectivity index (χ3v) is 9.32. The van der Waals surface area contributed by atoms with Crippen LogP contribution in [0.5, 0.6) is 11.5 Å². The van der Waals surface area contributed by atoms with Crippen LogP contribution in [0.1, 0.15) is 57.1 Å². The molecule has 8 atom stereocenters. The van der Waals surface area contributed by atoms with Crippen LogP contribution in [0.25, 0.3) is 0 Å². The molecule has 5 rings (SSSR count). The minimum atomic E-state index is -2.06. The van der Waals surface area contributed by atoms with Crippen LogP contribution in [0, 0.1) is 11.8 Å². The van der Waals surface area contributed by atoms with Crippen LogP contribution in [-0.4, -0.2) is 87.4 Å². The zero-order chi connectivity index (χ0) is 32.1. The minimum Gasteiger partial charge on any atom is -0.493 e.